The maximum absolute atomic E-state index is 12.8. The normalized spacial score (nSPS) is 27.8. The fourth-order valence-electron chi connectivity index (χ4n) is 3.48. The van der Waals surface area contributed by atoms with E-state index in [4.69, 9.17) is 4.74 Å². The minimum atomic E-state index is 0.111. The lowest BCUT2D eigenvalue weighted by Gasteiger charge is -2.36. The summed E-state index contributed by atoms with van der Waals surface area (Å²) in [5, 5.41) is 3.38. The van der Waals surface area contributed by atoms with Gasteiger partial charge in [0.1, 0.15) is 5.69 Å². The van der Waals surface area contributed by atoms with Gasteiger partial charge >= 0.3 is 0 Å². The van der Waals surface area contributed by atoms with Crippen molar-refractivity contribution in [2.75, 3.05) is 26.2 Å². The number of hydrogen-bond donors (Lipinski definition) is 1. The highest BCUT2D eigenvalue weighted by molar-refractivity contribution is 5.93. The van der Waals surface area contributed by atoms with Gasteiger partial charge in [-0.3, -0.25) is 4.79 Å². The molecule has 2 saturated heterocycles. The Morgan fingerprint density at radius 1 is 1.24 bits per heavy atom. The lowest BCUT2D eigenvalue weighted by Crippen LogP contribution is -2.48. The van der Waals surface area contributed by atoms with Crippen LogP contribution in [-0.4, -0.2) is 53.8 Å². The summed E-state index contributed by atoms with van der Waals surface area (Å²) in [6, 6.07) is 4.38. The quantitative estimate of drug-likeness (QED) is 0.901. The minimum Gasteiger partial charge on any atom is -0.372 e. The largest absolute Gasteiger partial charge is 0.372 e. The first kappa shape index (κ1) is 14.6. The first-order valence-corrected chi connectivity index (χ1v) is 7.97. The molecule has 1 aromatic heterocycles. The Morgan fingerprint density at radius 3 is 2.57 bits per heavy atom. The molecular formula is C16H25N3O2. The van der Waals surface area contributed by atoms with E-state index in [0.29, 0.717) is 19.1 Å². The SMILES string of the molecule is C[C@@H]1CN(C(=O)c2cccn2C2CCNCC2)C[C@H](C)O1. The van der Waals surface area contributed by atoms with E-state index in [1.165, 1.54) is 0 Å². The number of piperidine rings is 1. The Kier molecular flexibility index (Phi) is 4.31. The van der Waals surface area contributed by atoms with Crippen LogP contribution in [0.5, 0.6) is 0 Å². The van der Waals surface area contributed by atoms with Crippen LogP contribution in [0.3, 0.4) is 0 Å². The van der Waals surface area contributed by atoms with Crippen molar-refractivity contribution in [1.82, 2.24) is 14.8 Å². The summed E-state index contributed by atoms with van der Waals surface area (Å²) in [5.41, 5.74) is 0.822. The van der Waals surface area contributed by atoms with Gasteiger partial charge < -0.3 is 19.5 Å². The standard InChI is InChI=1S/C16H25N3O2/c1-12-10-18(11-13(2)21-12)16(20)15-4-3-9-19(15)14-5-7-17-8-6-14/h3-4,9,12-14,17H,5-8,10-11H2,1-2H3/t12-,13+. The predicted octanol–water partition coefficient (Wildman–Crippen LogP) is 1.66. The van der Waals surface area contributed by atoms with Crippen molar-refractivity contribution in [2.24, 2.45) is 0 Å². The van der Waals surface area contributed by atoms with Gasteiger partial charge in [-0.2, -0.15) is 0 Å². The number of aromatic nitrogens is 1. The highest BCUT2D eigenvalue weighted by Gasteiger charge is 2.29. The average molecular weight is 291 g/mol. The van der Waals surface area contributed by atoms with Crippen LogP contribution in [0.25, 0.3) is 0 Å². The molecule has 2 atom stereocenters. The third-order valence-electron chi connectivity index (χ3n) is 4.41. The zero-order chi connectivity index (χ0) is 14.8. The molecule has 3 heterocycles. The molecule has 1 amide bonds. The predicted molar refractivity (Wildman–Crippen MR) is 81.5 cm³/mol. The van der Waals surface area contributed by atoms with E-state index in [9.17, 15) is 4.79 Å². The Labute approximate surface area is 126 Å². The zero-order valence-electron chi connectivity index (χ0n) is 12.9. The lowest BCUT2D eigenvalue weighted by molar-refractivity contribution is -0.0588. The highest BCUT2D eigenvalue weighted by Crippen LogP contribution is 2.23. The van der Waals surface area contributed by atoms with E-state index in [2.05, 4.69) is 16.1 Å². The first-order valence-electron chi connectivity index (χ1n) is 7.97. The van der Waals surface area contributed by atoms with Gasteiger partial charge in [-0.15, -0.1) is 0 Å². The van der Waals surface area contributed by atoms with Crippen LogP contribution < -0.4 is 5.32 Å². The van der Waals surface area contributed by atoms with Gasteiger partial charge in [0.15, 0.2) is 0 Å². The summed E-state index contributed by atoms with van der Waals surface area (Å²) in [6.07, 6.45) is 4.45. The molecule has 2 aliphatic heterocycles. The van der Waals surface area contributed by atoms with Crippen LogP contribution in [0, 0.1) is 0 Å². The molecule has 116 valence electrons. The van der Waals surface area contributed by atoms with Gasteiger partial charge in [-0.05, 0) is 51.9 Å². The maximum atomic E-state index is 12.8. The number of ether oxygens (including phenoxy) is 1. The van der Waals surface area contributed by atoms with E-state index in [0.717, 1.165) is 31.6 Å². The van der Waals surface area contributed by atoms with Crippen LogP contribution in [0.15, 0.2) is 18.3 Å². The number of nitrogens with one attached hydrogen (secondary N) is 1. The summed E-state index contributed by atoms with van der Waals surface area (Å²) in [4.78, 5) is 14.8. The number of hydrogen-bond acceptors (Lipinski definition) is 3. The second kappa shape index (κ2) is 6.20. The molecule has 3 rings (SSSR count). The topological polar surface area (TPSA) is 46.5 Å². The maximum Gasteiger partial charge on any atom is 0.270 e. The molecule has 1 N–H and O–H groups in total. The molecule has 0 bridgehead atoms. The summed E-state index contributed by atoms with van der Waals surface area (Å²) >= 11 is 0. The van der Waals surface area contributed by atoms with E-state index < -0.39 is 0 Å². The molecule has 0 unspecified atom stereocenters. The summed E-state index contributed by atoms with van der Waals surface area (Å²) < 4.78 is 7.90. The molecule has 0 spiro atoms. The summed E-state index contributed by atoms with van der Waals surface area (Å²) in [6.45, 7) is 7.48. The second-order valence-electron chi connectivity index (χ2n) is 6.25. The van der Waals surface area contributed by atoms with Crippen LogP contribution >= 0.6 is 0 Å². The van der Waals surface area contributed by atoms with Crippen molar-refractivity contribution in [2.45, 2.75) is 44.9 Å². The van der Waals surface area contributed by atoms with Gasteiger partial charge in [0.05, 0.1) is 12.2 Å². The number of rotatable bonds is 2. The van der Waals surface area contributed by atoms with E-state index in [1.807, 2.05) is 30.9 Å². The second-order valence-corrected chi connectivity index (χ2v) is 6.25. The lowest BCUT2D eigenvalue weighted by atomic mass is 10.1. The number of carbonyl (C=O) groups is 1. The third kappa shape index (κ3) is 3.14. The van der Waals surface area contributed by atoms with E-state index >= 15 is 0 Å². The molecule has 5 heteroatoms. The van der Waals surface area contributed by atoms with Crippen molar-refractivity contribution >= 4 is 5.91 Å². The fraction of sp³-hybridized carbons (Fsp3) is 0.688. The Bertz CT molecular complexity index is 483. The number of morpholine rings is 1. The zero-order valence-corrected chi connectivity index (χ0v) is 12.9. The monoisotopic (exact) mass is 291 g/mol. The van der Waals surface area contributed by atoms with Gasteiger partial charge in [0.25, 0.3) is 5.91 Å². The van der Waals surface area contributed by atoms with Gasteiger partial charge in [0.2, 0.25) is 0 Å². The van der Waals surface area contributed by atoms with Gasteiger partial charge in [-0.1, -0.05) is 0 Å². The molecule has 0 saturated carbocycles. The molecule has 0 aliphatic carbocycles. The first-order chi connectivity index (χ1) is 10.1. The van der Waals surface area contributed by atoms with E-state index in [-0.39, 0.29) is 18.1 Å². The molecule has 0 radical (unpaired) electrons. The molecular weight excluding hydrogens is 266 g/mol. The van der Waals surface area contributed by atoms with Crippen LogP contribution in [0.2, 0.25) is 0 Å². The molecule has 21 heavy (non-hydrogen) atoms. The van der Waals surface area contributed by atoms with Crippen LogP contribution in [0.4, 0.5) is 0 Å². The Morgan fingerprint density at radius 2 is 1.90 bits per heavy atom. The third-order valence-corrected chi connectivity index (χ3v) is 4.41. The van der Waals surface area contributed by atoms with Crippen molar-refractivity contribution in [1.29, 1.82) is 0 Å². The molecule has 5 nitrogen and oxygen atoms in total. The van der Waals surface area contributed by atoms with Crippen LogP contribution in [0.1, 0.15) is 43.2 Å². The highest BCUT2D eigenvalue weighted by atomic mass is 16.5. The summed E-state index contributed by atoms with van der Waals surface area (Å²) in [5.74, 6) is 0.139. The number of nitrogens with zero attached hydrogens (tertiary/aromatic N) is 2. The fourth-order valence-corrected chi connectivity index (χ4v) is 3.48. The van der Waals surface area contributed by atoms with Gasteiger partial charge in [-0.25, -0.2) is 0 Å². The van der Waals surface area contributed by atoms with E-state index in [1.54, 1.807) is 0 Å². The van der Waals surface area contributed by atoms with Gasteiger partial charge in [0, 0.05) is 25.3 Å². The number of carbonyl (C=O) groups excluding carboxylic acids is 1. The summed E-state index contributed by atoms with van der Waals surface area (Å²) in [7, 11) is 0. The number of amides is 1. The molecule has 0 aromatic carbocycles. The smallest absolute Gasteiger partial charge is 0.270 e. The van der Waals surface area contributed by atoms with Crippen molar-refractivity contribution in [3.63, 3.8) is 0 Å². The van der Waals surface area contributed by atoms with Crippen molar-refractivity contribution < 1.29 is 9.53 Å². The average Bonchev–Trinajstić information content (AvgIpc) is 2.95. The molecule has 1 aromatic rings. The van der Waals surface area contributed by atoms with Crippen molar-refractivity contribution in [3.8, 4) is 0 Å². The van der Waals surface area contributed by atoms with Crippen LogP contribution in [-0.2, 0) is 4.74 Å². The minimum absolute atomic E-state index is 0.111. The Hall–Kier alpha value is -1.33. The molecule has 2 fully saturated rings. The van der Waals surface area contributed by atoms with Crippen molar-refractivity contribution in [3.05, 3.63) is 24.0 Å². The Balaban J connectivity index is 1.77. The molecule has 2 aliphatic rings.